The minimum Gasteiger partial charge on any atom is -0.309 e. The van der Waals surface area contributed by atoms with Crippen molar-refractivity contribution in [3.63, 3.8) is 0 Å². The van der Waals surface area contributed by atoms with Crippen molar-refractivity contribution >= 4 is 0 Å². The van der Waals surface area contributed by atoms with E-state index >= 15 is 0 Å². The third-order valence-corrected chi connectivity index (χ3v) is 3.81. The van der Waals surface area contributed by atoms with E-state index in [9.17, 15) is 0 Å². The number of hydrogen-bond acceptors (Lipinski definition) is 2. The first-order valence-corrected chi connectivity index (χ1v) is 7.49. The summed E-state index contributed by atoms with van der Waals surface area (Å²) in [6, 6.07) is 10.1. The van der Waals surface area contributed by atoms with E-state index in [-0.39, 0.29) is 0 Å². The predicted molar refractivity (Wildman–Crippen MR) is 84.7 cm³/mol. The Morgan fingerprint density at radius 3 is 1.95 bits per heavy atom. The van der Waals surface area contributed by atoms with Crippen molar-refractivity contribution in [1.29, 1.82) is 0 Å². The van der Waals surface area contributed by atoms with Gasteiger partial charge in [0.05, 0.1) is 0 Å². The Kier molecular flexibility index (Phi) is 6.53. The molecule has 2 nitrogen and oxygen atoms in total. The van der Waals surface area contributed by atoms with Crippen molar-refractivity contribution in [2.45, 2.75) is 52.6 Å². The molecule has 0 radical (unpaired) electrons. The van der Waals surface area contributed by atoms with Gasteiger partial charge in [-0.25, -0.2) is 0 Å². The summed E-state index contributed by atoms with van der Waals surface area (Å²) in [7, 11) is 2.19. The Balaban J connectivity index is 2.80. The molecule has 0 saturated carbocycles. The smallest absolute Gasteiger partial charge is 0.0449 e. The highest BCUT2D eigenvalue weighted by atomic mass is 15.1. The summed E-state index contributed by atoms with van der Waals surface area (Å²) in [5.41, 5.74) is 2.80. The van der Waals surface area contributed by atoms with Crippen LogP contribution in [0.15, 0.2) is 24.3 Å². The number of benzene rings is 1. The maximum absolute atomic E-state index is 3.59. The molecule has 0 amide bonds. The summed E-state index contributed by atoms with van der Waals surface area (Å²) in [5, 5.41) is 3.59. The van der Waals surface area contributed by atoms with Crippen LogP contribution in [0, 0.1) is 0 Å². The normalized spacial score (nSPS) is 13.5. The van der Waals surface area contributed by atoms with Crippen LogP contribution in [0.3, 0.4) is 0 Å². The van der Waals surface area contributed by atoms with E-state index in [4.69, 9.17) is 0 Å². The summed E-state index contributed by atoms with van der Waals surface area (Å²) in [6.07, 6.45) is 0. The van der Waals surface area contributed by atoms with Gasteiger partial charge in [0.15, 0.2) is 0 Å². The van der Waals surface area contributed by atoms with Gasteiger partial charge in [-0.15, -0.1) is 0 Å². The topological polar surface area (TPSA) is 15.3 Å². The van der Waals surface area contributed by atoms with E-state index < -0.39 is 0 Å². The predicted octanol–water partition coefficient (Wildman–Crippen LogP) is 3.80. The molecule has 108 valence electrons. The van der Waals surface area contributed by atoms with Gasteiger partial charge in [0.2, 0.25) is 0 Å². The third kappa shape index (κ3) is 4.96. The van der Waals surface area contributed by atoms with Crippen LogP contribution in [0.25, 0.3) is 0 Å². The minimum atomic E-state index is 0.415. The standard InChI is InChI=1S/C17H30N2/c1-7-18-17(12-19(6)14(4)5)16-10-8-15(9-11-16)13(2)3/h8-11,13-14,17-18H,7,12H2,1-6H3. The Bertz CT molecular complexity index is 354. The summed E-state index contributed by atoms with van der Waals surface area (Å²) in [5.74, 6) is 0.602. The quantitative estimate of drug-likeness (QED) is 0.804. The maximum atomic E-state index is 3.59. The van der Waals surface area contributed by atoms with E-state index in [1.807, 2.05) is 0 Å². The maximum Gasteiger partial charge on any atom is 0.0449 e. The molecular weight excluding hydrogens is 232 g/mol. The van der Waals surface area contributed by atoms with E-state index in [0.717, 1.165) is 13.1 Å². The Hall–Kier alpha value is -0.860. The molecule has 0 spiro atoms. The summed E-state index contributed by atoms with van der Waals surface area (Å²) in [4.78, 5) is 2.39. The SMILES string of the molecule is CCNC(CN(C)C(C)C)c1ccc(C(C)C)cc1. The molecule has 1 unspecified atom stereocenters. The van der Waals surface area contributed by atoms with Gasteiger partial charge in [-0.1, -0.05) is 45.0 Å². The van der Waals surface area contributed by atoms with Crippen LogP contribution in [0.5, 0.6) is 0 Å². The summed E-state index contributed by atoms with van der Waals surface area (Å²) >= 11 is 0. The lowest BCUT2D eigenvalue weighted by atomic mass is 9.98. The second kappa shape index (κ2) is 7.66. The molecule has 0 saturated heterocycles. The van der Waals surface area contributed by atoms with Crippen LogP contribution in [0.1, 0.15) is 57.7 Å². The molecule has 2 heteroatoms. The second-order valence-electron chi connectivity index (χ2n) is 5.96. The molecule has 0 aliphatic carbocycles. The lowest BCUT2D eigenvalue weighted by Crippen LogP contribution is -2.36. The molecule has 1 aromatic carbocycles. The largest absolute Gasteiger partial charge is 0.309 e. The Morgan fingerprint density at radius 2 is 1.53 bits per heavy atom. The fourth-order valence-electron chi connectivity index (χ4n) is 2.15. The van der Waals surface area contributed by atoms with Crippen LogP contribution in [-0.4, -0.2) is 31.1 Å². The van der Waals surface area contributed by atoms with Gasteiger partial charge in [0, 0.05) is 18.6 Å². The zero-order chi connectivity index (χ0) is 14.4. The Labute approximate surface area is 119 Å². The first-order chi connectivity index (χ1) is 8.95. The van der Waals surface area contributed by atoms with Crippen molar-refractivity contribution < 1.29 is 0 Å². The minimum absolute atomic E-state index is 0.415. The number of nitrogens with one attached hydrogen (secondary N) is 1. The van der Waals surface area contributed by atoms with Crippen molar-refractivity contribution in [1.82, 2.24) is 10.2 Å². The number of nitrogens with zero attached hydrogens (tertiary/aromatic N) is 1. The van der Waals surface area contributed by atoms with Crippen LogP contribution in [-0.2, 0) is 0 Å². The summed E-state index contributed by atoms with van der Waals surface area (Å²) < 4.78 is 0. The lowest BCUT2D eigenvalue weighted by Gasteiger charge is -2.28. The van der Waals surface area contributed by atoms with Gasteiger partial charge in [-0.2, -0.15) is 0 Å². The molecule has 1 rings (SSSR count). The van der Waals surface area contributed by atoms with Crippen molar-refractivity contribution in [2.24, 2.45) is 0 Å². The summed E-state index contributed by atoms with van der Waals surface area (Å²) in [6.45, 7) is 13.2. The van der Waals surface area contributed by atoms with Crippen molar-refractivity contribution in [3.05, 3.63) is 35.4 Å². The number of likely N-dealkylation sites (N-methyl/N-ethyl adjacent to an activating group) is 2. The number of rotatable bonds is 7. The molecule has 0 fully saturated rings. The van der Waals surface area contributed by atoms with Gasteiger partial charge in [0.25, 0.3) is 0 Å². The highest BCUT2D eigenvalue weighted by molar-refractivity contribution is 5.27. The fraction of sp³-hybridized carbons (Fsp3) is 0.647. The monoisotopic (exact) mass is 262 g/mol. The van der Waals surface area contributed by atoms with Crippen LogP contribution in [0.2, 0.25) is 0 Å². The van der Waals surface area contributed by atoms with Gasteiger partial charge in [-0.05, 0) is 44.5 Å². The highest BCUT2D eigenvalue weighted by Gasteiger charge is 2.14. The average molecular weight is 262 g/mol. The van der Waals surface area contributed by atoms with E-state index in [0.29, 0.717) is 18.0 Å². The average Bonchev–Trinajstić information content (AvgIpc) is 2.38. The van der Waals surface area contributed by atoms with Gasteiger partial charge >= 0.3 is 0 Å². The molecule has 0 bridgehead atoms. The van der Waals surface area contributed by atoms with Gasteiger partial charge < -0.3 is 10.2 Å². The van der Waals surface area contributed by atoms with E-state index in [1.54, 1.807) is 0 Å². The van der Waals surface area contributed by atoms with Gasteiger partial charge in [0.1, 0.15) is 0 Å². The zero-order valence-corrected chi connectivity index (χ0v) is 13.4. The van der Waals surface area contributed by atoms with Crippen LogP contribution in [0.4, 0.5) is 0 Å². The van der Waals surface area contributed by atoms with Crippen LogP contribution >= 0.6 is 0 Å². The third-order valence-electron chi connectivity index (χ3n) is 3.81. The number of hydrogen-bond donors (Lipinski definition) is 1. The second-order valence-corrected chi connectivity index (χ2v) is 5.96. The molecule has 0 aliphatic heterocycles. The van der Waals surface area contributed by atoms with E-state index in [1.165, 1.54) is 11.1 Å². The van der Waals surface area contributed by atoms with E-state index in [2.05, 4.69) is 76.1 Å². The molecular formula is C17H30N2. The molecule has 0 heterocycles. The first-order valence-electron chi connectivity index (χ1n) is 7.49. The zero-order valence-electron chi connectivity index (χ0n) is 13.4. The molecule has 19 heavy (non-hydrogen) atoms. The molecule has 0 aliphatic rings. The van der Waals surface area contributed by atoms with Gasteiger partial charge in [-0.3, -0.25) is 0 Å². The molecule has 1 N–H and O–H groups in total. The first kappa shape index (κ1) is 16.2. The van der Waals surface area contributed by atoms with Crippen molar-refractivity contribution in [3.8, 4) is 0 Å². The fourth-order valence-corrected chi connectivity index (χ4v) is 2.15. The van der Waals surface area contributed by atoms with Crippen molar-refractivity contribution in [2.75, 3.05) is 20.1 Å². The molecule has 1 atom stereocenters. The van der Waals surface area contributed by atoms with Crippen LogP contribution < -0.4 is 5.32 Å². The Morgan fingerprint density at radius 1 is 1.00 bits per heavy atom. The molecule has 0 aromatic heterocycles. The highest BCUT2D eigenvalue weighted by Crippen LogP contribution is 2.19. The molecule has 1 aromatic rings. The lowest BCUT2D eigenvalue weighted by molar-refractivity contribution is 0.243.